The van der Waals surface area contributed by atoms with Crippen molar-refractivity contribution in [1.82, 2.24) is 4.98 Å². The number of anilines is 3. The van der Waals surface area contributed by atoms with Crippen molar-refractivity contribution < 1.29 is 4.79 Å². The molecule has 0 spiro atoms. The number of amides is 1. The van der Waals surface area contributed by atoms with Crippen molar-refractivity contribution in [2.75, 3.05) is 10.6 Å². The standard InChI is InChI=1S/C19H12Cl2N4O/c20-13-4-5-16(21)17(9-13)24-15-6-7-23-18(10-15)19(26)25-14-3-1-2-12(8-14)11-22/h1-10H,(H,23,24)(H,25,26). The molecule has 3 aromatic rings. The quantitative estimate of drug-likeness (QED) is 0.645. The van der Waals surface area contributed by atoms with E-state index < -0.39 is 0 Å². The number of nitrogens with one attached hydrogen (secondary N) is 2. The fourth-order valence-corrected chi connectivity index (χ4v) is 2.58. The zero-order chi connectivity index (χ0) is 18.5. The minimum Gasteiger partial charge on any atom is -0.354 e. The number of halogens is 2. The number of benzene rings is 2. The van der Waals surface area contributed by atoms with Crippen LogP contribution in [-0.4, -0.2) is 10.9 Å². The van der Waals surface area contributed by atoms with Gasteiger partial charge in [-0.3, -0.25) is 9.78 Å². The number of rotatable bonds is 4. The predicted octanol–water partition coefficient (Wildman–Crippen LogP) is 5.26. The Morgan fingerprint density at radius 3 is 2.69 bits per heavy atom. The Balaban J connectivity index is 1.79. The second-order valence-electron chi connectivity index (χ2n) is 5.33. The van der Waals surface area contributed by atoms with E-state index in [0.717, 1.165) is 0 Å². The molecule has 7 heteroatoms. The number of hydrogen-bond acceptors (Lipinski definition) is 4. The van der Waals surface area contributed by atoms with Gasteiger partial charge in [0.1, 0.15) is 5.69 Å². The summed E-state index contributed by atoms with van der Waals surface area (Å²) in [7, 11) is 0. The lowest BCUT2D eigenvalue weighted by Gasteiger charge is -2.10. The zero-order valence-corrected chi connectivity index (χ0v) is 14.8. The van der Waals surface area contributed by atoms with Crippen molar-refractivity contribution >= 4 is 46.2 Å². The summed E-state index contributed by atoms with van der Waals surface area (Å²) in [4.78, 5) is 16.5. The molecule has 0 unspecified atom stereocenters. The molecular weight excluding hydrogens is 371 g/mol. The number of aromatic nitrogens is 1. The maximum absolute atomic E-state index is 12.4. The molecule has 1 heterocycles. The third-order valence-electron chi connectivity index (χ3n) is 3.45. The van der Waals surface area contributed by atoms with Crippen molar-refractivity contribution in [2.45, 2.75) is 0 Å². The molecule has 128 valence electrons. The Kier molecular flexibility index (Phi) is 5.37. The first-order chi connectivity index (χ1) is 12.5. The van der Waals surface area contributed by atoms with Crippen LogP contribution in [0, 0.1) is 11.3 Å². The number of pyridine rings is 1. The van der Waals surface area contributed by atoms with Crippen LogP contribution in [0.4, 0.5) is 17.1 Å². The van der Waals surface area contributed by atoms with E-state index in [1.165, 1.54) is 6.20 Å². The van der Waals surface area contributed by atoms with Crippen LogP contribution in [0.25, 0.3) is 0 Å². The minimum absolute atomic E-state index is 0.218. The Labute approximate surface area is 160 Å². The van der Waals surface area contributed by atoms with Crippen molar-refractivity contribution in [3.63, 3.8) is 0 Å². The Hall–Kier alpha value is -3.07. The van der Waals surface area contributed by atoms with Gasteiger partial charge in [0, 0.05) is 22.6 Å². The molecular formula is C19H12Cl2N4O. The van der Waals surface area contributed by atoms with Crippen LogP contribution in [0.5, 0.6) is 0 Å². The summed E-state index contributed by atoms with van der Waals surface area (Å²) >= 11 is 12.1. The second kappa shape index (κ2) is 7.87. The van der Waals surface area contributed by atoms with E-state index in [2.05, 4.69) is 15.6 Å². The molecule has 3 rings (SSSR count). The van der Waals surface area contributed by atoms with Crippen LogP contribution in [0.15, 0.2) is 60.8 Å². The average Bonchev–Trinajstić information content (AvgIpc) is 2.65. The summed E-state index contributed by atoms with van der Waals surface area (Å²) in [6, 6.07) is 17.0. The summed E-state index contributed by atoms with van der Waals surface area (Å²) in [5.74, 6) is -0.388. The van der Waals surface area contributed by atoms with E-state index in [-0.39, 0.29) is 11.6 Å². The first kappa shape index (κ1) is 17.7. The van der Waals surface area contributed by atoms with E-state index in [9.17, 15) is 4.79 Å². The molecule has 0 bridgehead atoms. The number of carbonyl (C=O) groups is 1. The largest absolute Gasteiger partial charge is 0.354 e. The summed E-state index contributed by atoms with van der Waals surface area (Å²) in [6.45, 7) is 0. The summed E-state index contributed by atoms with van der Waals surface area (Å²) in [5, 5.41) is 15.8. The minimum atomic E-state index is -0.388. The first-order valence-electron chi connectivity index (χ1n) is 7.55. The van der Waals surface area contributed by atoms with Crippen LogP contribution in [0.1, 0.15) is 16.1 Å². The fourth-order valence-electron chi connectivity index (χ4n) is 2.24. The molecule has 0 saturated carbocycles. The second-order valence-corrected chi connectivity index (χ2v) is 6.17. The van der Waals surface area contributed by atoms with Crippen LogP contribution in [0.3, 0.4) is 0 Å². The predicted molar refractivity (Wildman–Crippen MR) is 103 cm³/mol. The van der Waals surface area contributed by atoms with Crippen molar-refractivity contribution in [2.24, 2.45) is 0 Å². The van der Waals surface area contributed by atoms with Crippen LogP contribution in [0.2, 0.25) is 10.0 Å². The molecule has 0 aliphatic rings. The number of hydrogen-bond donors (Lipinski definition) is 2. The van der Waals surface area contributed by atoms with E-state index in [4.69, 9.17) is 28.5 Å². The maximum Gasteiger partial charge on any atom is 0.274 e. The molecule has 0 atom stereocenters. The van der Waals surface area contributed by atoms with E-state index in [1.807, 2.05) is 6.07 Å². The molecule has 0 radical (unpaired) electrons. The molecule has 26 heavy (non-hydrogen) atoms. The molecule has 0 aliphatic heterocycles. The van der Waals surface area contributed by atoms with E-state index in [1.54, 1.807) is 54.6 Å². The van der Waals surface area contributed by atoms with Gasteiger partial charge in [-0.05, 0) is 48.5 Å². The normalized spacial score (nSPS) is 10.0. The van der Waals surface area contributed by atoms with Crippen molar-refractivity contribution in [1.29, 1.82) is 5.26 Å². The van der Waals surface area contributed by atoms with Crippen LogP contribution >= 0.6 is 23.2 Å². The van der Waals surface area contributed by atoms with Gasteiger partial charge >= 0.3 is 0 Å². The lowest BCUT2D eigenvalue weighted by Crippen LogP contribution is -2.13. The topological polar surface area (TPSA) is 77.8 Å². The van der Waals surface area contributed by atoms with Gasteiger partial charge in [-0.15, -0.1) is 0 Å². The molecule has 0 saturated heterocycles. The summed E-state index contributed by atoms with van der Waals surface area (Å²) < 4.78 is 0. The van der Waals surface area contributed by atoms with Crippen LogP contribution < -0.4 is 10.6 Å². The first-order valence-corrected chi connectivity index (χ1v) is 8.30. The number of carbonyl (C=O) groups excluding carboxylic acids is 1. The molecule has 0 fully saturated rings. The molecule has 1 aromatic heterocycles. The molecule has 2 N–H and O–H groups in total. The van der Waals surface area contributed by atoms with Gasteiger partial charge in [-0.2, -0.15) is 5.26 Å². The number of nitriles is 1. The zero-order valence-electron chi connectivity index (χ0n) is 13.3. The van der Waals surface area contributed by atoms with E-state index in [0.29, 0.717) is 32.7 Å². The lowest BCUT2D eigenvalue weighted by atomic mass is 10.2. The lowest BCUT2D eigenvalue weighted by molar-refractivity contribution is 0.102. The van der Waals surface area contributed by atoms with Gasteiger partial charge in [-0.25, -0.2) is 0 Å². The fraction of sp³-hybridized carbons (Fsp3) is 0. The van der Waals surface area contributed by atoms with Crippen molar-refractivity contribution in [3.8, 4) is 6.07 Å². The summed E-state index contributed by atoms with van der Waals surface area (Å²) in [5.41, 5.74) is 2.46. The number of nitrogens with zero attached hydrogens (tertiary/aromatic N) is 2. The molecule has 0 aliphatic carbocycles. The van der Waals surface area contributed by atoms with Gasteiger partial charge < -0.3 is 10.6 Å². The third-order valence-corrected chi connectivity index (χ3v) is 4.01. The van der Waals surface area contributed by atoms with Crippen molar-refractivity contribution in [3.05, 3.63) is 82.1 Å². The van der Waals surface area contributed by atoms with Crippen LogP contribution in [-0.2, 0) is 0 Å². The monoisotopic (exact) mass is 382 g/mol. The average molecular weight is 383 g/mol. The Morgan fingerprint density at radius 2 is 1.88 bits per heavy atom. The Bertz CT molecular complexity index is 1010. The Morgan fingerprint density at radius 1 is 1.04 bits per heavy atom. The highest BCUT2D eigenvalue weighted by atomic mass is 35.5. The van der Waals surface area contributed by atoms with Gasteiger partial charge in [-0.1, -0.05) is 29.3 Å². The van der Waals surface area contributed by atoms with Gasteiger partial charge in [0.05, 0.1) is 22.3 Å². The van der Waals surface area contributed by atoms with E-state index >= 15 is 0 Å². The smallest absolute Gasteiger partial charge is 0.274 e. The highest BCUT2D eigenvalue weighted by Crippen LogP contribution is 2.28. The third kappa shape index (κ3) is 4.31. The van der Waals surface area contributed by atoms with Gasteiger partial charge in [0.25, 0.3) is 5.91 Å². The highest BCUT2D eigenvalue weighted by Gasteiger charge is 2.10. The van der Waals surface area contributed by atoms with Gasteiger partial charge in [0.2, 0.25) is 0 Å². The van der Waals surface area contributed by atoms with Gasteiger partial charge in [0.15, 0.2) is 0 Å². The summed E-state index contributed by atoms with van der Waals surface area (Å²) in [6.07, 6.45) is 1.52. The highest BCUT2D eigenvalue weighted by molar-refractivity contribution is 6.35. The molecule has 2 aromatic carbocycles. The molecule has 1 amide bonds. The SMILES string of the molecule is N#Cc1cccc(NC(=O)c2cc(Nc3cc(Cl)ccc3Cl)ccn2)c1. The maximum atomic E-state index is 12.4. The molecule has 5 nitrogen and oxygen atoms in total.